The van der Waals surface area contributed by atoms with Gasteiger partial charge in [0.2, 0.25) is 0 Å². The molecular formula is C11H19N3O. The minimum Gasteiger partial charge on any atom is -0.288 e. The number of hydrogen-bond donors (Lipinski definition) is 1. The predicted octanol–water partition coefficient (Wildman–Crippen LogP) is 1.44. The summed E-state index contributed by atoms with van der Waals surface area (Å²) in [5.74, 6) is -0.172. The molecule has 1 aliphatic rings. The van der Waals surface area contributed by atoms with Gasteiger partial charge in [0.15, 0.2) is 0 Å². The molecule has 1 atom stereocenters. The molecule has 1 saturated heterocycles. The van der Waals surface area contributed by atoms with E-state index in [1.807, 2.05) is 11.9 Å². The van der Waals surface area contributed by atoms with Gasteiger partial charge in [-0.3, -0.25) is 10.2 Å². The average Bonchev–Trinajstić information content (AvgIpc) is 2.29. The lowest BCUT2D eigenvalue weighted by Crippen LogP contribution is -2.50. The van der Waals surface area contributed by atoms with Gasteiger partial charge in [-0.05, 0) is 26.2 Å². The van der Waals surface area contributed by atoms with Crippen molar-refractivity contribution in [2.45, 2.75) is 39.5 Å². The molecule has 1 rings (SSSR count). The van der Waals surface area contributed by atoms with Crippen LogP contribution in [0.2, 0.25) is 0 Å². The first-order valence-corrected chi connectivity index (χ1v) is 5.59. The van der Waals surface area contributed by atoms with Crippen molar-refractivity contribution >= 4 is 5.91 Å². The molecule has 0 bridgehead atoms. The quantitative estimate of drug-likeness (QED) is 0.765. The van der Waals surface area contributed by atoms with Crippen LogP contribution in [0, 0.1) is 16.7 Å². The third-order valence-corrected chi connectivity index (χ3v) is 3.07. The second-order valence-corrected chi connectivity index (χ2v) is 4.29. The molecule has 0 radical (unpaired) electrons. The van der Waals surface area contributed by atoms with E-state index in [9.17, 15) is 4.79 Å². The molecule has 1 heterocycles. The number of carbonyl (C=O) groups is 1. The number of nitrogens with one attached hydrogen (secondary N) is 1. The summed E-state index contributed by atoms with van der Waals surface area (Å²) in [6, 6.07) is 2.08. The van der Waals surface area contributed by atoms with Crippen molar-refractivity contribution < 1.29 is 4.79 Å². The maximum atomic E-state index is 11.8. The Balaban J connectivity index is 2.50. The van der Waals surface area contributed by atoms with Crippen LogP contribution >= 0.6 is 0 Å². The van der Waals surface area contributed by atoms with Gasteiger partial charge in [-0.1, -0.05) is 13.3 Å². The van der Waals surface area contributed by atoms with Gasteiger partial charge < -0.3 is 0 Å². The van der Waals surface area contributed by atoms with Crippen molar-refractivity contribution in [1.29, 1.82) is 5.26 Å². The van der Waals surface area contributed by atoms with Gasteiger partial charge in [-0.15, -0.1) is 0 Å². The zero-order valence-corrected chi connectivity index (χ0v) is 9.55. The lowest BCUT2D eigenvalue weighted by Gasteiger charge is -2.29. The van der Waals surface area contributed by atoms with Gasteiger partial charge in [0.1, 0.15) is 5.41 Å². The molecular weight excluding hydrogens is 190 g/mol. The zero-order valence-electron chi connectivity index (χ0n) is 9.55. The van der Waals surface area contributed by atoms with Crippen LogP contribution in [0.4, 0.5) is 0 Å². The third kappa shape index (κ3) is 2.93. The number of amides is 1. The highest BCUT2D eigenvalue weighted by Crippen LogP contribution is 2.20. The number of nitriles is 1. The molecule has 15 heavy (non-hydrogen) atoms. The first-order valence-electron chi connectivity index (χ1n) is 5.59. The Hall–Kier alpha value is -1.08. The smallest absolute Gasteiger partial charge is 0.254 e. The normalized spacial score (nSPS) is 21.4. The molecule has 0 aliphatic carbocycles. The zero-order chi connectivity index (χ0) is 11.3. The maximum absolute atomic E-state index is 11.8. The maximum Gasteiger partial charge on any atom is 0.254 e. The Bertz CT molecular complexity index is 265. The fourth-order valence-electron chi connectivity index (χ4n) is 1.56. The van der Waals surface area contributed by atoms with Crippen LogP contribution in [0.1, 0.15) is 39.5 Å². The largest absolute Gasteiger partial charge is 0.288 e. The van der Waals surface area contributed by atoms with Gasteiger partial charge in [0.25, 0.3) is 5.91 Å². The summed E-state index contributed by atoms with van der Waals surface area (Å²) < 4.78 is 0. The molecule has 1 unspecified atom stereocenters. The number of hydrazine groups is 1. The minimum atomic E-state index is -0.891. The summed E-state index contributed by atoms with van der Waals surface area (Å²) in [6.07, 6.45) is 4.02. The fourth-order valence-corrected chi connectivity index (χ4v) is 1.56. The van der Waals surface area contributed by atoms with E-state index in [1.165, 1.54) is 6.42 Å². The van der Waals surface area contributed by atoms with E-state index in [-0.39, 0.29) is 5.91 Å². The summed E-state index contributed by atoms with van der Waals surface area (Å²) >= 11 is 0. The Morgan fingerprint density at radius 3 is 2.53 bits per heavy atom. The molecule has 4 heteroatoms. The van der Waals surface area contributed by atoms with Crippen LogP contribution in [0.15, 0.2) is 0 Å². The minimum absolute atomic E-state index is 0.172. The summed E-state index contributed by atoms with van der Waals surface area (Å²) in [6.45, 7) is 5.35. The number of nitrogens with zero attached hydrogens (tertiary/aromatic N) is 2. The molecule has 4 nitrogen and oxygen atoms in total. The van der Waals surface area contributed by atoms with E-state index in [0.29, 0.717) is 6.42 Å². The first-order chi connectivity index (χ1) is 7.12. The monoisotopic (exact) mass is 209 g/mol. The summed E-state index contributed by atoms with van der Waals surface area (Å²) in [4.78, 5) is 11.8. The number of carbonyl (C=O) groups excluding carboxylic acids is 1. The molecule has 0 spiro atoms. The van der Waals surface area contributed by atoms with E-state index in [0.717, 1.165) is 25.9 Å². The van der Waals surface area contributed by atoms with E-state index < -0.39 is 5.41 Å². The van der Waals surface area contributed by atoms with Gasteiger partial charge in [-0.2, -0.15) is 5.26 Å². The molecule has 0 saturated carbocycles. The third-order valence-electron chi connectivity index (χ3n) is 3.07. The average molecular weight is 209 g/mol. The molecule has 0 aromatic carbocycles. The standard InChI is InChI=1S/C11H19N3O/c1-3-11(2,9-12)10(15)13-14-7-5-4-6-8-14/h3-8H2,1-2H3,(H,13,15). The van der Waals surface area contributed by atoms with Crippen LogP contribution in [-0.2, 0) is 4.79 Å². The Morgan fingerprint density at radius 2 is 2.07 bits per heavy atom. The van der Waals surface area contributed by atoms with Crippen molar-refractivity contribution in [3.63, 3.8) is 0 Å². The summed E-state index contributed by atoms with van der Waals surface area (Å²) in [5.41, 5.74) is 1.94. The summed E-state index contributed by atoms with van der Waals surface area (Å²) in [7, 11) is 0. The highest BCUT2D eigenvalue weighted by molar-refractivity contribution is 5.84. The first kappa shape index (κ1) is 12.0. The van der Waals surface area contributed by atoms with E-state index in [4.69, 9.17) is 5.26 Å². The Morgan fingerprint density at radius 1 is 1.47 bits per heavy atom. The molecule has 0 aromatic rings. The lowest BCUT2D eigenvalue weighted by atomic mass is 9.89. The van der Waals surface area contributed by atoms with Gasteiger partial charge >= 0.3 is 0 Å². The number of hydrogen-bond acceptors (Lipinski definition) is 3. The fraction of sp³-hybridized carbons (Fsp3) is 0.818. The predicted molar refractivity (Wildman–Crippen MR) is 57.6 cm³/mol. The Kier molecular flexibility index (Phi) is 4.10. The van der Waals surface area contributed by atoms with Crippen molar-refractivity contribution in [1.82, 2.24) is 10.4 Å². The van der Waals surface area contributed by atoms with E-state index >= 15 is 0 Å². The molecule has 1 amide bonds. The number of piperidine rings is 1. The van der Waals surface area contributed by atoms with Gasteiger partial charge in [0.05, 0.1) is 6.07 Å². The van der Waals surface area contributed by atoms with Crippen LogP contribution in [0.5, 0.6) is 0 Å². The van der Waals surface area contributed by atoms with Crippen molar-refractivity contribution in [2.24, 2.45) is 5.41 Å². The molecule has 1 aliphatic heterocycles. The van der Waals surface area contributed by atoms with Crippen LogP contribution in [0.25, 0.3) is 0 Å². The lowest BCUT2D eigenvalue weighted by molar-refractivity contribution is -0.133. The Labute approximate surface area is 91.2 Å². The van der Waals surface area contributed by atoms with Crippen LogP contribution < -0.4 is 5.43 Å². The van der Waals surface area contributed by atoms with Crippen LogP contribution in [-0.4, -0.2) is 24.0 Å². The van der Waals surface area contributed by atoms with E-state index in [1.54, 1.807) is 6.92 Å². The van der Waals surface area contributed by atoms with Crippen molar-refractivity contribution in [2.75, 3.05) is 13.1 Å². The molecule has 0 aromatic heterocycles. The van der Waals surface area contributed by atoms with Crippen molar-refractivity contribution in [3.8, 4) is 6.07 Å². The van der Waals surface area contributed by atoms with Gasteiger partial charge in [0, 0.05) is 13.1 Å². The topological polar surface area (TPSA) is 56.1 Å². The SMILES string of the molecule is CCC(C)(C#N)C(=O)NN1CCCCC1. The van der Waals surface area contributed by atoms with Crippen molar-refractivity contribution in [3.05, 3.63) is 0 Å². The second-order valence-electron chi connectivity index (χ2n) is 4.29. The van der Waals surface area contributed by atoms with Crippen LogP contribution in [0.3, 0.4) is 0 Å². The highest BCUT2D eigenvalue weighted by Gasteiger charge is 2.32. The molecule has 1 N–H and O–H groups in total. The van der Waals surface area contributed by atoms with E-state index in [2.05, 4.69) is 11.5 Å². The second kappa shape index (κ2) is 5.13. The molecule has 84 valence electrons. The summed E-state index contributed by atoms with van der Waals surface area (Å²) in [5, 5.41) is 10.9. The van der Waals surface area contributed by atoms with Gasteiger partial charge in [-0.25, -0.2) is 5.01 Å². The highest BCUT2D eigenvalue weighted by atomic mass is 16.2. The molecule has 1 fully saturated rings. The number of rotatable bonds is 3.